The van der Waals surface area contributed by atoms with Crippen LogP contribution in [0.1, 0.15) is 23.2 Å². The van der Waals surface area contributed by atoms with Gasteiger partial charge in [0.2, 0.25) is 0 Å². The molecule has 0 aliphatic carbocycles. The molecule has 5 aromatic rings. The molecule has 0 saturated carbocycles. The van der Waals surface area contributed by atoms with Crippen LogP contribution in [0.15, 0.2) is 73.4 Å². The van der Waals surface area contributed by atoms with Gasteiger partial charge in [0.1, 0.15) is 6.23 Å². The summed E-state index contributed by atoms with van der Waals surface area (Å²) in [5, 5.41) is 20.5. The fourth-order valence-electron chi connectivity index (χ4n) is 4.93. The highest BCUT2D eigenvalue weighted by atomic mass is 16.3. The molecule has 186 valence electrons. The van der Waals surface area contributed by atoms with Crippen molar-refractivity contribution in [1.29, 1.82) is 0 Å². The van der Waals surface area contributed by atoms with Gasteiger partial charge in [-0.15, -0.1) is 0 Å². The first-order valence-corrected chi connectivity index (χ1v) is 12.3. The van der Waals surface area contributed by atoms with Gasteiger partial charge < -0.3 is 20.3 Å². The predicted molar refractivity (Wildman–Crippen MR) is 143 cm³/mol. The van der Waals surface area contributed by atoms with Crippen molar-refractivity contribution in [2.75, 3.05) is 11.9 Å². The monoisotopic (exact) mass is 493 g/mol. The van der Waals surface area contributed by atoms with E-state index in [0.29, 0.717) is 24.2 Å². The molecule has 2 atom stereocenters. The fourth-order valence-corrected chi connectivity index (χ4v) is 4.93. The second kappa shape index (κ2) is 9.61. The summed E-state index contributed by atoms with van der Waals surface area (Å²) in [6, 6.07) is 14.0. The Labute approximate surface area is 213 Å². The summed E-state index contributed by atoms with van der Waals surface area (Å²) < 4.78 is 2.09. The topological polar surface area (TPSA) is 117 Å². The van der Waals surface area contributed by atoms with Crippen LogP contribution in [0.25, 0.3) is 33.1 Å². The van der Waals surface area contributed by atoms with E-state index in [-0.39, 0.29) is 11.9 Å². The van der Waals surface area contributed by atoms with E-state index in [4.69, 9.17) is 0 Å². The minimum atomic E-state index is -0.610. The molecule has 2 aromatic carbocycles. The average Bonchev–Trinajstić information content (AvgIpc) is 3.28. The van der Waals surface area contributed by atoms with Gasteiger partial charge in [-0.1, -0.05) is 12.1 Å². The highest BCUT2D eigenvalue weighted by Gasteiger charge is 2.23. The van der Waals surface area contributed by atoms with Crippen molar-refractivity contribution in [2.45, 2.75) is 25.1 Å². The van der Waals surface area contributed by atoms with Crippen molar-refractivity contribution >= 4 is 39.2 Å². The lowest BCUT2D eigenvalue weighted by Gasteiger charge is -2.28. The van der Waals surface area contributed by atoms with Crippen molar-refractivity contribution in [2.24, 2.45) is 7.05 Å². The number of carbonyl (C=O) groups is 1. The van der Waals surface area contributed by atoms with Crippen LogP contribution in [0.5, 0.6) is 0 Å². The second-order valence-corrected chi connectivity index (χ2v) is 9.36. The molecular formula is C28H27N7O2. The van der Waals surface area contributed by atoms with Crippen LogP contribution in [0, 0.1) is 0 Å². The number of aliphatic hydroxyl groups is 1. The number of hydrogen-bond acceptors (Lipinski definition) is 7. The van der Waals surface area contributed by atoms with E-state index in [9.17, 15) is 9.90 Å². The summed E-state index contributed by atoms with van der Waals surface area (Å²) in [5.74, 6) is -0.209. The molecule has 3 aromatic heterocycles. The average molecular weight is 494 g/mol. The van der Waals surface area contributed by atoms with E-state index >= 15 is 0 Å². The molecule has 1 aliphatic heterocycles. The van der Waals surface area contributed by atoms with Crippen LogP contribution in [0.3, 0.4) is 0 Å². The summed E-state index contributed by atoms with van der Waals surface area (Å²) in [6.07, 6.45) is 9.28. The summed E-state index contributed by atoms with van der Waals surface area (Å²) in [4.78, 5) is 26.6. The second-order valence-electron chi connectivity index (χ2n) is 9.36. The first-order valence-electron chi connectivity index (χ1n) is 12.3. The number of aromatic nitrogens is 4. The molecule has 0 radical (unpaired) electrons. The Hall–Kier alpha value is -4.34. The third-order valence-electron chi connectivity index (χ3n) is 6.83. The lowest BCUT2D eigenvalue weighted by Crippen LogP contribution is -2.47. The first kappa shape index (κ1) is 23.1. The van der Waals surface area contributed by atoms with Crippen LogP contribution in [0.2, 0.25) is 0 Å². The predicted octanol–water partition coefficient (Wildman–Crippen LogP) is 3.73. The maximum atomic E-state index is 13.2. The zero-order valence-electron chi connectivity index (χ0n) is 20.3. The van der Waals surface area contributed by atoms with Crippen LogP contribution < -0.4 is 16.0 Å². The molecule has 2 unspecified atom stereocenters. The lowest BCUT2D eigenvalue weighted by atomic mass is 10.0. The molecule has 0 bridgehead atoms. The maximum Gasteiger partial charge on any atom is 0.253 e. The Morgan fingerprint density at radius 1 is 1.11 bits per heavy atom. The molecule has 4 heterocycles. The van der Waals surface area contributed by atoms with E-state index in [1.165, 1.54) is 5.39 Å². The third kappa shape index (κ3) is 4.62. The van der Waals surface area contributed by atoms with E-state index in [1.807, 2.05) is 25.4 Å². The van der Waals surface area contributed by atoms with Gasteiger partial charge in [0.15, 0.2) is 0 Å². The molecule has 6 rings (SSSR count). The lowest BCUT2D eigenvalue weighted by molar-refractivity contribution is 0.0783. The van der Waals surface area contributed by atoms with Crippen molar-refractivity contribution in [1.82, 2.24) is 30.2 Å². The van der Waals surface area contributed by atoms with Crippen molar-refractivity contribution in [3.8, 4) is 11.1 Å². The van der Waals surface area contributed by atoms with E-state index in [0.717, 1.165) is 39.8 Å². The number of piperidine rings is 1. The number of nitrogens with zero attached hydrogens (tertiary/aromatic N) is 4. The largest absolute Gasteiger partial charge is 0.379 e. The number of anilines is 2. The third-order valence-corrected chi connectivity index (χ3v) is 6.83. The first-order chi connectivity index (χ1) is 18.0. The van der Waals surface area contributed by atoms with Gasteiger partial charge in [0.05, 0.1) is 28.5 Å². The Morgan fingerprint density at radius 2 is 2.00 bits per heavy atom. The number of aliphatic hydroxyl groups excluding tert-OH is 1. The molecule has 1 fully saturated rings. The van der Waals surface area contributed by atoms with Gasteiger partial charge in [0, 0.05) is 61.1 Å². The number of fused-ring (bicyclic) bond motifs is 2. The van der Waals surface area contributed by atoms with Crippen molar-refractivity contribution in [3.63, 3.8) is 0 Å². The van der Waals surface area contributed by atoms with Gasteiger partial charge in [-0.05, 0) is 54.2 Å². The molecule has 37 heavy (non-hydrogen) atoms. The smallest absolute Gasteiger partial charge is 0.253 e. The minimum Gasteiger partial charge on any atom is -0.379 e. The number of benzene rings is 2. The number of amides is 1. The van der Waals surface area contributed by atoms with Gasteiger partial charge in [-0.3, -0.25) is 25.1 Å². The molecule has 4 N–H and O–H groups in total. The molecule has 0 spiro atoms. The minimum absolute atomic E-state index is 0.0975. The van der Waals surface area contributed by atoms with Gasteiger partial charge >= 0.3 is 0 Å². The fraction of sp³-hybridized carbons (Fsp3) is 0.214. The van der Waals surface area contributed by atoms with E-state index < -0.39 is 6.23 Å². The normalized spacial score (nSPS) is 17.7. The number of pyridine rings is 1. The van der Waals surface area contributed by atoms with Crippen LogP contribution in [-0.2, 0) is 7.05 Å². The van der Waals surface area contributed by atoms with Gasteiger partial charge in [-0.2, -0.15) is 0 Å². The molecular weight excluding hydrogens is 466 g/mol. The van der Waals surface area contributed by atoms with Crippen molar-refractivity contribution < 1.29 is 9.90 Å². The van der Waals surface area contributed by atoms with Crippen LogP contribution in [0.4, 0.5) is 11.4 Å². The molecule has 9 nitrogen and oxygen atoms in total. The van der Waals surface area contributed by atoms with Crippen LogP contribution >= 0.6 is 0 Å². The number of nitrogens with one attached hydrogen (secondary N) is 3. The Balaban J connectivity index is 1.36. The zero-order chi connectivity index (χ0) is 25.4. The number of aryl methyl sites for hydroxylation is 1. The maximum absolute atomic E-state index is 13.2. The Morgan fingerprint density at radius 3 is 2.89 bits per heavy atom. The molecule has 1 aliphatic rings. The Kier molecular flexibility index (Phi) is 5.99. The number of hydrogen-bond donors (Lipinski definition) is 4. The quantitative estimate of drug-likeness (QED) is 0.295. The number of rotatable bonds is 5. The SMILES string of the molecule is Cn1ccc2ccc(-c3cc(Nc4cnccc4C(=O)NC4CCNC(O)C4)cc4nccnc34)cc21. The van der Waals surface area contributed by atoms with Gasteiger partial charge in [-0.25, -0.2) is 0 Å². The van der Waals surface area contributed by atoms with Gasteiger partial charge in [0.25, 0.3) is 5.91 Å². The van der Waals surface area contributed by atoms with Crippen LogP contribution in [-0.4, -0.2) is 49.3 Å². The molecule has 1 amide bonds. The molecule has 1 saturated heterocycles. The highest BCUT2D eigenvalue weighted by molar-refractivity contribution is 6.01. The van der Waals surface area contributed by atoms with Crippen molar-refractivity contribution in [3.05, 3.63) is 79.0 Å². The summed E-state index contributed by atoms with van der Waals surface area (Å²) in [5.41, 5.74) is 6.47. The summed E-state index contributed by atoms with van der Waals surface area (Å²) in [7, 11) is 2.03. The zero-order valence-corrected chi connectivity index (χ0v) is 20.3. The van der Waals surface area contributed by atoms with E-state index in [2.05, 4.69) is 59.7 Å². The molecule has 9 heteroatoms. The standard InChI is InChI=1S/C28H27N7O2/c1-35-11-6-17-2-3-18(12-25(17)35)22-13-20(14-23-27(22)32-10-9-30-23)33-24-16-29-7-5-21(24)28(37)34-19-4-8-31-26(36)15-19/h2-3,5-7,9-14,16,19,26,31,33,36H,4,8,15H2,1H3,(H,34,37). The highest BCUT2D eigenvalue weighted by Crippen LogP contribution is 2.33. The van der Waals surface area contributed by atoms with E-state index in [1.54, 1.807) is 30.9 Å². The summed E-state index contributed by atoms with van der Waals surface area (Å²) >= 11 is 0. The number of carbonyl (C=O) groups excluding carboxylic acids is 1. The Bertz CT molecular complexity index is 1610. The summed E-state index contributed by atoms with van der Waals surface area (Å²) in [6.45, 7) is 0.656.